The van der Waals surface area contributed by atoms with Gasteiger partial charge in [-0.25, -0.2) is 8.42 Å². The minimum Gasteiger partial charge on any atom is -0.322 e. The van der Waals surface area contributed by atoms with E-state index in [4.69, 9.17) is 11.6 Å². The highest BCUT2D eigenvalue weighted by Crippen LogP contribution is 2.23. The van der Waals surface area contributed by atoms with Gasteiger partial charge in [-0.15, -0.1) is 0 Å². The zero-order chi connectivity index (χ0) is 24.8. The molecule has 0 saturated carbocycles. The predicted molar refractivity (Wildman–Crippen MR) is 140 cm³/mol. The summed E-state index contributed by atoms with van der Waals surface area (Å²) in [5.74, 6) is -0.276. The summed E-state index contributed by atoms with van der Waals surface area (Å²) in [5, 5.41) is 3.46. The smallest absolute Gasteiger partial charge is 0.255 e. The lowest BCUT2D eigenvalue weighted by Gasteiger charge is -2.23. The molecule has 178 valence electrons. The van der Waals surface area contributed by atoms with E-state index in [9.17, 15) is 13.2 Å². The van der Waals surface area contributed by atoms with Crippen LogP contribution in [0.5, 0.6) is 0 Å². The molecule has 0 unspecified atom stereocenters. The van der Waals surface area contributed by atoms with Crippen LogP contribution in [0.25, 0.3) is 0 Å². The number of rotatable bonds is 8. The van der Waals surface area contributed by atoms with Crippen LogP contribution in [0.2, 0.25) is 5.02 Å². The standard InChI is InChI=1S/C27H24ClN3O3S/c1-35(33,34)31(19-22-2-8-24(28)9-3-22)26-12-6-23(7-13-26)27(32)30-25-10-4-20(5-11-25)18-21-14-16-29-17-15-21/h2-17H,18-19H2,1H3,(H,30,32). The molecule has 0 radical (unpaired) electrons. The molecule has 0 saturated heterocycles. The summed E-state index contributed by atoms with van der Waals surface area (Å²) in [4.78, 5) is 16.8. The average molecular weight is 506 g/mol. The number of halogens is 1. The number of hydrogen-bond donors (Lipinski definition) is 1. The molecule has 0 aliphatic heterocycles. The number of anilines is 2. The van der Waals surface area contributed by atoms with Crippen molar-refractivity contribution in [2.24, 2.45) is 0 Å². The van der Waals surface area contributed by atoms with Gasteiger partial charge in [0.05, 0.1) is 18.5 Å². The monoisotopic (exact) mass is 505 g/mol. The highest BCUT2D eigenvalue weighted by molar-refractivity contribution is 7.92. The maximum atomic E-state index is 12.7. The minimum absolute atomic E-state index is 0.160. The number of amides is 1. The number of aromatic nitrogens is 1. The van der Waals surface area contributed by atoms with Gasteiger partial charge in [-0.05, 0) is 83.8 Å². The van der Waals surface area contributed by atoms with Gasteiger partial charge >= 0.3 is 0 Å². The van der Waals surface area contributed by atoms with Crippen molar-refractivity contribution in [2.45, 2.75) is 13.0 Å². The summed E-state index contributed by atoms with van der Waals surface area (Å²) < 4.78 is 26.1. The molecule has 1 aromatic heterocycles. The lowest BCUT2D eigenvalue weighted by molar-refractivity contribution is 0.102. The second-order valence-electron chi connectivity index (χ2n) is 8.13. The molecule has 1 amide bonds. The van der Waals surface area contributed by atoms with E-state index in [1.54, 1.807) is 60.9 Å². The fourth-order valence-corrected chi connectivity index (χ4v) is 4.59. The Bertz CT molecular complexity index is 1390. The van der Waals surface area contributed by atoms with Gasteiger partial charge in [-0.1, -0.05) is 35.9 Å². The van der Waals surface area contributed by atoms with E-state index >= 15 is 0 Å². The fraction of sp³-hybridized carbons (Fsp3) is 0.111. The zero-order valence-corrected chi connectivity index (χ0v) is 20.6. The van der Waals surface area contributed by atoms with Gasteiger partial charge in [-0.2, -0.15) is 0 Å². The van der Waals surface area contributed by atoms with Crippen LogP contribution in [0.15, 0.2) is 97.3 Å². The number of carbonyl (C=O) groups excluding carboxylic acids is 1. The number of hydrogen-bond acceptors (Lipinski definition) is 4. The van der Waals surface area contributed by atoms with E-state index in [-0.39, 0.29) is 12.5 Å². The van der Waals surface area contributed by atoms with E-state index < -0.39 is 10.0 Å². The van der Waals surface area contributed by atoms with Crippen molar-refractivity contribution < 1.29 is 13.2 Å². The summed E-state index contributed by atoms with van der Waals surface area (Å²) in [6, 6.07) is 25.1. The zero-order valence-electron chi connectivity index (χ0n) is 19.1. The third kappa shape index (κ3) is 6.68. The van der Waals surface area contributed by atoms with Gasteiger partial charge in [0.15, 0.2) is 0 Å². The van der Waals surface area contributed by atoms with Crippen molar-refractivity contribution in [1.29, 1.82) is 0 Å². The molecule has 0 atom stereocenters. The van der Waals surface area contributed by atoms with Gasteiger partial charge in [-0.3, -0.25) is 14.1 Å². The number of carbonyl (C=O) groups is 1. The molecule has 0 aliphatic carbocycles. The topological polar surface area (TPSA) is 79.4 Å². The lowest BCUT2D eigenvalue weighted by atomic mass is 10.1. The maximum absolute atomic E-state index is 12.7. The van der Waals surface area contributed by atoms with Crippen LogP contribution >= 0.6 is 11.6 Å². The van der Waals surface area contributed by atoms with Crippen molar-refractivity contribution in [2.75, 3.05) is 15.9 Å². The Hall–Kier alpha value is -3.68. The Kier molecular flexibility index (Phi) is 7.48. The van der Waals surface area contributed by atoms with Gasteiger partial charge in [0.2, 0.25) is 10.0 Å². The predicted octanol–water partition coefficient (Wildman–Crippen LogP) is 5.54. The second-order valence-corrected chi connectivity index (χ2v) is 10.5. The number of nitrogens with one attached hydrogen (secondary N) is 1. The molecule has 6 nitrogen and oxygen atoms in total. The summed E-state index contributed by atoms with van der Waals surface area (Å²) in [6.45, 7) is 0.160. The molecular weight excluding hydrogens is 482 g/mol. The van der Waals surface area contributed by atoms with Crippen molar-refractivity contribution in [3.05, 3.63) is 125 Å². The van der Waals surface area contributed by atoms with Crippen LogP contribution in [0.4, 0.5) is 11.4 Å². The molecule has 1 N–H and O–H groups in total. The Morgan fingerprint density at radius 3 is 2.00 bits per heavy atom. The molecule has 4 aromatic rings. The third-order valence-electron chi connectivity index (χ3n) is 5.43. The maximum Gasteiger partial charge on any atom is 0.255 e. The second kappa shape index (κ2) is 10.7. The first-order valence-corrected chi connectivity index (χ1v) is 13.1. The van der Waals surface area contributed by atoms with Crippen molar-refractivity contribution in [1.82, 2.24) is 4.98 Å². The molecule has 8 heteroatoms. The molecule has 1 heterocycles. The van der Waals surface area contributed by atoms with E-state index in [1.165, 1.54) is 4.31 Å². The first-order valence-electron chi connectivity index (χ1n) is 10.9. The largest absolute Gasteiger partial charge is 0.322 e. The lowest BCUT2D eigenvalue weighted by Crippen LogP contribution is -2.29. The van der Waals surface area contributed by atoms with Gasteiger partial charge in [0, 0.05) is 28.7 Å². The van der Waals surface area contributed by atoms with E-state index in [0.717, 1.165) is 29.4 Å². The Morgan fingerprint density at radius 2 is 1.40 bits per heavy atom. The van der Waals surface area contributed by atoms with Crippen LogP contribution in [0.1, 0.15) is 27.0 Å². The van der Waals surface area contributed by atoms with Gasteiger partial charge in [0.1, 0.15) is 0 Å². The number of pyridine rings is 1. The first kappa shape index (κ1) is 24.4. The molecule has 35 heavy (non-hydrogen) atoms. The molecule has 0 spiro atoms. The van der Waals surface area contributed by atoms with Crippen LogP contribution in [-0.2, 0) is 23.0 Å². The van der Waals surface area contributed by atoms with E-state index in [2.05, 4.69) is 10.3 Å². The third-order valence-corrected chi connectivity index (χ3v) is 6.82. The molecule has 0 fully saturated rings. The minimum atomic E-state index is -3.54. The van der Waals surface area contributed by atoms with Crippen LogP contribution in [0, 0.1) is 0 Å². The summed E-state index contributed by atoms with van der Waals surface area (Å²) in [7, 11) is -3.54. The fourth-order valence-electron chi connectivity index (χ4n) is 3.58. The summed E-state index contributed by atoms with van der Waals surface area (Å²) >= 11 is 5.93. The van der Waals surface area contributed by atoms with E-state index in [0.29, 0.717) is 22.0 Å². The van der Waals surface area contributed by atoms with E-state index in [1.807, 2.05) is 36.4 Å². The molecule has 3 aromatic carbocycles. The highest BCUT2D eigenvalue weighted by Gasteiger charge is 2.18. The number of benzene rings is 3. The first-order chi connectivity index (χ1) is 16.8. The SMILES string of the molecule is CS(=O)(=O)N(Cc1ccc(Cl)cc1)c1ccc(C(=O)Nc2ccc(Cc3ccncc3)cc2)cc1. The molecular formula is C27H24ClN3O3S. The van der Waals surface area contributed by atoms with Crippen LogP contribution in [0.3, 0.4) is 0 Å². The summed E-state index contributed by atoms with van der Waals surface area (Å²) in [5.41, 5.74) is 4.66. The summed E-state index contributed by atoms with van der Waals surface area (Å²) in [6.07, 6.45) is 5.47. The van der Waals surface area contributed by atoms with Crippen LogP contribution in [-0.4, -0.2) is 25.6 Å². The Balaban J connectivity index is 1.43. The molecule has 4 rings (SSSR count). The molecule has 0 aliphatic rings. The normalized spacial score (nSPS) is 11.1. The van der Waals surface area contributed by atoms with Gasteiger partial charge < -0.3 is 5.32 Å². The van der Waals surface area contributed by atoms with Crippen molar-refractivity contribution >= 4 is 38.9 Å². The molecule has 0 bridgehead atoms. The van der Waals surface area contributed by atoms with Gasteiger partial charge in [0.25, 0.3) is 5.91 Å². The Morgan fingerprint density at radius 1 is 0.829 bits per heavy atom. The highest BCUT2D eigenvalue weighted by atomic mass is 35.5. The van der Waals surface area contributed by atoms with Crippen molar-refractivity contribution in [3.8, 4) is 0 Å². The van der Waals surface area contributed by atoms with Crippen molar-refractivity contribution in [3.63, 3.8) is 0 Å². The Labute approximate surface area is 210 Å². The number of nitrogens with zero attached hydrogens (tertiary/aromatic N) is 2. The quantitative estimate of drug-likeness (QED) is 0.341. The average Bonchev–Trinajstić information content (AvgIpc) is 2.85. The number of sulfonamides is 1. The van der Waals surface area contributed by atoms with Crippen LogP contribution < -0.4 is 9.62 Å².